The Bertz CT molecular complexity index is 340. The van der Waals surface area contributed by atoms with Crippen molar-refractivity contribution >= 4 is 5.97 Å². The summed E-state index contributed by atoms with van der Waals surface area (Å²) < 4.78 is 5.07. The Hall–Kier alpha value is -1.42. The van der Waals surface area contributed by atoms with E-state index >= 15 is 0 Å². The van der Waals surface area contributed by atoms with Crippen LogP contribution in [0.4, 0.5) is 0 Å². The quantitative estimate of drug-likeness (QED) is 0.766. The van der Waals surface area contributed by atoms with Gasteiger partial charge < -0.3 is 4.74 Å². The van der Waals surface area contributed by atoms with Crippen LogP contribution in [0, 0.1) is 0 Å². The van der Waals surface area contributed by atoms with Crippen LogP contribution >= 0.6 is 0 Å². The average molecular weight is 222 g/mol. The molecule has 16 heavy (non-hydrogen) atoms. The number of esters is 1. The number of pyridine rings is 1. The molecule has 1 aromatic heterocycles. The molecule has 0 bridgehead atoms. The van der Waals surface area contributed by atoms with E-state index in [-0.39, 0.29) is 5.97 Å². The Morgan fingerprint density at radius 2 is 2.25 bits per heavy atom. The average Bonchev–Trinajstić information content (AvgIpc) is 2.30. The van der Waals surface area contributed by atoms with E-state index in [1.807, 2.05) is 25.1 Å². The van der Waals surface area contributed by atoms with Crippen molar-refractivity contribution in [2.45, 2.75) is 26.3 Å². The van der Waals surface area contributed by atoms with Crippen LogP contribution < -0.4 is 5.32 Å². The lowest BCUT2D eigenvalue weighted by Gasteiger charge is -2.27. The molecule has 1 N–H and O–H groups in total. The second-order valence-electron chi connectivity index (χ2n) is 3.59. The zero-order valence-corrected chi connectivity index (χ0v) is 9.99. The number of carbonyl (C=O) groups is 1. The Labute approximate surface area is 96.0 Å². The van der Waals surface area contributed by atoms with Gasteiger partial charge in [0.25, 0.3) is 0 Å². The van der Waals surface area contributed by atoms with E-state index < -0.39 is 5.54 Å². The number of nitrogens with zero attached hydrogens (tertiary/aromatic N) is 1. The van der Waals surface area contributed by atoms with Crippen molar-refractivity contribution in [1.82, 2.24) is 10.3 Å². The van der Waals surface area contributed by atoms with E-state index in [0.29, 0.717) is 18.8 Å². The van der Waals surface area contributed by atoms with Gasteiger partial charge in [-0.3, -0.25) is 10.3 Å². The minimum absolute atomic E-state index is 0.296. The Morgan fingerprint density at radius 3 is 2.75 bits per heavy atom. The highest BCUT2D eigenvalue weighted by molar-refractivity contribution is 5.81. The monoisotopic (exact) mass is 222 g/mol. The molecule has 4 heteroatoms. The zero-order valence-electron chi connectivity index (χ0n) is 9.99. The van der Waals surface area contributed by atoms with E-state index in [0.717, 1.165) is 0 Å². The zero-order chi connectivity index (χ0) is 12.0. The molecule has 0 radical (unpaired) electrons. The van der Waals surface area contributed by atoms with Crippen LogP contribution in [-0.4, -0.2) is 24.1 Å². The number of hydrogen-bond donors (Lipinski definition) is 1. The van der Waals surface area contributed by atoms with Gasteiger partial charge >= 0.3 is 5.97 Å². The maximum atomic E-state index is 11.9. The highest BCUT2D eigenvalue weighted by Crippen LogP contribution is 2.19. The first-order valence-corrected chi connectivity index (χ1v) is 5.49. The first-order chi connectivity index (χ1) is 7.65. The number of hydrogen-bond acceptors (Lipinski definition) is 4. The molecule has 4 nitrogen and oxygen atoms in total. The van der Waals surface area contributed by atoms with Gasteiger partial charge in [0.2, 0.25) is 0 Å². The molecular weight excluding hydrogens is 204 g/mol. The van der Waals surface area contributed by atoms with Crippen LogP contribution in [0.2, 0.25) is 0 Å². The lowest BCUT2D eigenvalue weighted by molar-refractivity contribution is -0.151. The largest absolute Gasteiger partial charge is 0.464 e. The minimum Gasteiger partial charge on any atom is -0.464 e. The third-order valence-electron chi connectivity index (χ3n) is 2.39. The van der Waals surface area contributed by atoms with Crippen LogP contribution in [-0.2, 0) is 15.1 Å². The number of aromatic nitrogens is 1. The summed E-state index contributed by atoms with van der Waals surface area (Å²) in [4.78, 5) is 16.1. The molecule has 0 amide bonds. The van der Waals surface area contributed by atoms with Crippen molar-refractivity contribution in [2.24, 2.45) is 0 Å². The smallest absolute Gasteiger partial charge is 0.332 e. The molecule has 0 fully saturated rings. The molecule has 0 aliphatic rings. The van der Waals surface area contributed by atoms with E-state index in [4.69, 9.17) is 4.74 Å². The second kappa shape index (κ2) is 5.61. The van der Waals surface area contributed by atoms with Crippen molar-refractivity contribution in [2.75, 3.05) is 13.2 Å². The van der Waals surface area contributed by atoms with Crippen molar-refractivity contribution in [3.8, 4) is 0 Å². The molecule has 1 aromatic rings. The fraction of sp³-hybridized carbons (Fsp3) is 0.500. The summed E-state index contributed by atoms with van der Waals surface area (Å²) in [6.45, 7) is 6.57. The molecule has 1 heterocycles. The number of likely N-dealkylation sites (N-methyl/N-ethyl adjacent to an activating group) is 1. The van der Waals surface area contributed by atoms with Gasteiger partial charge in [-0.25, -0.2) is 4.79 Å². The molecule has 0 aliphatic carbocycles. The summed E-state index contributed by atoms with van der Waals surface area (Å²) in [7, 11) is 0. The summed E-state index contributed by atoms with van der Waals surface area (Å²) in [6.07, 6.45) is 1.67. The minimum atomic E-state index is -0.869. The topological polar surface area (TPSA) is 51.2 Å². The van der Waals surface area contributed by atoms with Gasteiger partial charge in [-0.2, -0.15) is 0 Å². The Morgan fingerprint density at radius 1 is 1.50 bits per heavy atom. The lowest BCUT2D eigenvalue weighted by Crippen LogP contribution is -2.48. The summed E-state index contributed by atoms with van der Waals surface area (Å²) in [6, 6.07) is 5.50. The highest BCUT2D eigenvalue weighted by atomic mass is 16.5. The highest BCUT2D eigenvalue weighted by Gasteiger charge is 2.37. The third kappa shape index (κ3) is 2.58. The van der Waals surface area contributed by atoms with Crippen LogP contribution in [0.5, 0.6) is 0 Å². The van der Waals surface area contributed by atoms with Gasteiger partial charge in [0, 0.05) is 6.20 Å². The van der Waals surface area contributed by atoms with E-state index in [9.17, 15) is 4.79 Å². The predicted molar refractivity (Wildman–Crippen MR) is 61.9 cm³/mol. The summed E-state index contributed by atoms with van der Waals surface area (Å²) in [5.74, 6) is -0.296. The summed E-state index contributed by atoms with van der Waals surface area (Å²) >= 11 is 0. The van der Waals surface area contributed by atoms with Crippen molar-refractivity contribution in [3.63, 3.8) is 0 Å². The van der Waals surface area contributed by atoms with Crippen molar-refractivity contribution in [1.29, 1.82) is 0 Å². The molecule has 0 aliphatic heterocycles. The molecule has 0 spiro atoms. The molecular formula is C12H18N2O2. The molecule has 1 atom stereocenters. The van der Waals surface area contributed by atoms with Crippen LogP contribution in [0.1, 0.15) is 26.5 Å². The van der Waals surface area contributed by atoms with Crippen LogP contribution in [0.3, 0.4) is 0 Å². The first kappa shape index (κ1) is 12.6. The molecule has 88 valence electrons. The van der Waals surface area contributed by atoms with Gasteiger partial charge in [0.1, 0.15) is 0 Å². The van der Waals surface area contributed by atoms with Gasteiger partial charge in [0.15, 0.2) is 5.54 Å². The summed E-state index contributed by atoms with van der Waals surface area (Å²) in [5, 5.41) is 3.12. The van der Waals surface area contributed by atoms with Crippen LogP contribution in [0.15, 0.2) is 24.4 Å². The maximum Gasteiger partial charge on any atom is 0.332 e. The number of nitrogens with one attached hydrogen (secondary N) is 1. The molecule has 0 aromatic carbocycles. The summed E-state index contributed by atoms with van der Waals surface area (Å²) in [5.41, 5.74) is -0.193. The Balaban J connectivity index is 3.01. The first-order valence-electron chi connectivity index (χ1n) is 5.49. The van der Waals surface area contributed by atoms with E-state index in [2.05, 4.69) is 10.3 Å². The maximum absolute atomic E-state index is 11.9. The second-order valence-corrected chi connectivity index (χ2v) is 3.59. The number of rotatable bonds is 5. The van der Waals surface area contributed by atoms with Crippen LogP contribution in [0.25, 0.3) is 0 Å². The van der Waals surface area contributed by atoms with Crippen molar-refractivity contribution in [3.05, 3.63) is 30.1 Å². The molecule has 1 rings (SSSR count). The van der Waals surface area contributed by atoms with Gasteiger partial charge in [-0.1, -0.05) is 13.0 Å². The predicted octanol–water partition coefficient (Wildman–Crippen LogP) is 1.47. The fourth-order valence-corrected chi connectivity index (χ4v) is 1.55. The van der Waals surface area contributed by atoms with Gasteiger partial charge in [-0.15, -0.1) is 0 Å². The lowest BCUT2D eigenvalue weighted by atomic mass is 9.97. The SMILES string of the molecule is CCNC(C)(C(=O)OCC)c1ccccn1. The van der Waals surface area contributed by atoms with E-state index in [1.165, 1.54) is 0 Å². The Kier molecular flexibility index (Phi) is 4.43. The number of ether oxygens (including phenoxy) is 1. The van der Waals surface area contributed by atoms with E-state index in [1.54, 1.807) is 20.0 Å². The number of carbonyl (C=O) groups excluding carboxylic acids is 1. The standard InChI is InChI=1S/C12H18N2O2/c1-4-14-12(3,11(15)16-5-2)10-8-6-7-9-13-10/h6-9,14H,4-5H2,1-3H3. The van der Waals surface area contributed by atoms with Crippen molar-refractivity contribution < 1.29 is 9.53 Å². The molecule has 0 saturated carbocycles. The third-order valence-corrected chi connectivity index (χ3v) is 2.39. The molecule has 0 saturated heterocycles. The fourth-order valence-electron chi connectivity index (χ4n) is 1.55. The normalized spacial score (nSPS) is 14.2. The van der Waals surface area contributed by atoms with Gasteiger partial charge in [-0.05, 0) is 32.5 Å². The van der Waals surface area contributed by atoms with Gasteiger partial charge in [0.05, 0.1) is 12.3 Å². The molecule has 1 unspecified atom stereocenters.